The Bertz CT molecular complexity index is 970. The fraction of sp³-hybridized carbons (Fsp3) is 0.529. The van der Waals surface area contributed by atoms with Crippen molar-refractivity contribution in [3.8, 4) is 0 Å². The molecule has 1 amide bonds. The van der Waals surface area contributed by atoms with E-state index in [9.17, 15) is 13.2 Å². The van der Waals surface area contributed by atoms with Crippen LogP contribution in [0.4, 0.5) is 5.13 Å². The maximum atomic E-state index is 12.9. The first-order chi connectivity index (χ1) is 12.8. The molecule has 2 fully saturated rings. The van der Waals surface area contributed by atoms with E-state index < -0.39 is 16.1 Å². The monoisotopic (exact) mass is 472 g/mol. The van der Waals surface area contributed by atoms with E-state index in [0.29, 0.717) is 39.1 Å². The minimum absolute atomic E-state index is 0.0641. The van der Waals surface area contributed by atoms with Gasteiger partial charge < -0.3 is 9.80 Å². The number of piperazine rings is 1. The average Bonchev–Trinajstić information content (AvgIpc) is 3.27. The minimum atomic E-state index is -3.34. The molecule has 10 heteroatoms. The fourth-order valence-corrected chi connectivity index (χ4v) is 6.42. The van der Waals surface area contributed by atoms with Gasteiger partial charge in [0.15, 0.2) is 5.13 Å². The number of hydrogen-bond acceptors (Lipinski definition) is 6. The second-order valence-electron chi connectivity index (χ2n) is 6.95. The van der Waals surface area contributed by atoms with Gasteiger partial charge in [0.1, 0.15) is 6.04 Å². The summed E-state index contributed by atoms with van der Waals surface area (Å²) in [5, 5.41) is 0.967. The number of aromatic nitrogens is 1. The zero-order chi connectivity index (χ0) is 19.2. The molecule has 0 bridgehead atoms. The Morgan fingerprint density at radius 2 is 1.96 bits per heavy atom. The lowest BCUT2D eigenvalue weighted by Gasteiger charge is -2.36. The van der Waals surface area contributed by atoms with Crippen molar-refractivity contribution in [2.24, 2.45) is 0 Å². The molecule has 4 rings (SSSR count). The Hall–Kier alpha value is -1.23. The van der Waals surface area contributed by atoms with E-state index in [1.807, 2.05) is 12.1 Å². The molecule has 1 aromatic carbocycles. The zero-order valence-corrected chi connectivity index (χ0v) is 18.2. The summed E-state index contributed by atoms with van der Waals surface area (Å²) >= 11 is 5.14. The number of hydrogen-bond donors (Lipinski definition) is 0. The molecule has 0 radical (unpaired) electrons. The lowest BCUT2D eigenvalue weighted by atomic mass is 10.2. The molecule has 7 nitrogen and oxygen atoms in total. The van der Waals surface area contributed by atoms with Crippen LogP contribution in [-0.2, 0) is 14.8 Å². The van der Waals surface area contributed by atoms with Crippen LogP contribution in [0.2, 0.25) is 0 Å². The van der Waals surface area contributed by atoms with Gasteiger partial charge in [0.2, 0.25) is 15.9 Å². The van der Waals surface area contributed by atoms with Crippen molar-refractivity contribution in [2.45, 2.75) is 18.9 Å². The molecule has 1 aromatic heterocycles. The third-order valence-electron chi connectivity index (χ3n) is 5.12. The van der Waals surface area contributed by atoms with Crippen molar-refractivity contribution in [1.29, 1.82) is 0 Å². The summed E-state index contributed by atoms with van der Waals surface area (Å²) < 4.78 is 27.3. The molecule has 0 spiro atoms. The summed E-state index contributed by atoms with van der Waals surface area (Å²) in [5.41, 5.74) is 0.978. The zero-order valence-electron chi connectivity index (χ0n) is 15.0. The second-order valence-corrected chi connectivity index (χ2v) is 10.8. The molecule has 0 saturated carbocycles. The van der Waals surface area contributed by atoms with Gasteiger partial charge >= 0.3 is 0 Å². The molecule has 2 aliphatic heterocycles. The SMILES string of the molecule is CS(=O)(=O)N1CCCC1C(=O)N1CCN(c2nc3ccc(Br)cc3s2)CC1. The molecular weight excluding hydrogens is 452 g/mol. The largest absolute Gasteiger partial charge is 0.345 e. The molecule has 2 aliphatic rings. The maximum Gasteiger partial charge on any atom is 0.241 e. The number of rotatable bonds is 3. The first-order valence-electron chi connectivity index (χ1n) is 8.89. The summed E-state index contributed by atoms with van der Waals surface area (Å²) in [6.07, 6.45) is 2.53. The number of carbonyl (C=O) groups is 1. The average molecular weight is 473 g/mol. The van der Waals surface area contributed by atoms with Crippen molar-refractivity contribution in [2.75, 3.05) is 43.9 Å². The van der Waals surface area contributed by atoms with Crippen LogP contribution in [0.5, 0.6) is 0 Å². The highest BCUT2D eigenvalue weighted by atomic mass is 79.9. The first-order valence-corrected chi connectivity index (χ1v) is 12.4. The van der Waals surface area contributed by atoms with Crippen molar-refractivity contribution in [3.63, 3.8) is 0 Å². The van der Waals surface area contributed by atoms with E-state index in [0.717, 1.165) is 26.2 Å². The van der Waals surface area contributed by atoms with Crippen LogP contribution in [-0.4, -0.2) is 73.5 Å². The molecule has 27 heavy (non-hydrogen) atoms. The fourth-order valence-electron chi connectivity index (χ4n) is 3.73. The third kappa shape index (κ3) is 3.85. The number of halogens is 1. The van der Waals surface area contributed by atoms with Crippen LogP contribution in [0.3, 0.4) is 0 Å². The Balaban J connectivity index is 1.43. The predicted octanol–water partition coefficient (Wildman–Crippen LogP) is 2.13. The number of fused-ring (bicyclic) bond motifs is 1. The lowest BCUT2D eigenvalue weighted by molar-refractivity contribution is -0.134. The van der Waals surface area contributed by atoms with Gasteiger partial charge in [0, 0.05) is 37.2 Å². The highest BCUT2D eigenvalue weighted by Gasteiger charge is 2.39. The van der Waals surface area contributed by atoms with Crippen molar-refractivity contribution < 1.29 is 13.2 Å². The highest BCUT2D eigenvalue weighted by molar-refractivity contribution is 9.10. The van der Waals surface area contributed by atoms with Gasteiger partial charge in [-0.2, -0.15) is 4.31 Å². The minimum Gasteiger partial charge on any atom is -0.345 e. The number of thiazole rings is 1. The van der Waals surface area contributed by atoms with Gasteiger partial charge in [-0.3, -0.25) is 4.79 Å². The van der Waals surface area contributed by atoms with E-state index in [-0.39, 0.29) is 5.91 Å². The van der Waals surface area contributed by atoms with Crippen LogP contribution < -0.4 is 4.90 Å². The standard InChI is InChI=1S/C17H21BrN4O3S2/c1-27(24,25)22-6-2-3-14(22)16(23)20-7-9-21(10-8-20)17-19-13-5-4-12(18)11-15(13)26-17/h4-5,11,14H,2-3,6-10H2,1H3. The second kappa shape index (κ2) is 7.31. The van der Waals surface area contributed by atoms with Crippen molar-refractivity contribution in [3.05, 3.63) is 22.7 Å². The molecule has 146 valence electrons. The summed E-state index contributed by atoms with van der Waals surface area (Å²) in [6, 6.07) is 5.51. The quantitative estimate of drug-likeness (QED) is 0.683. The van der Waals surface area contributed by atoms with Crippen molar-refractivity contribution in [1.82, 2.24) is 14.2 Å². The van der Waals surface area contributed by atoms with Crippen molar-refractivity contribution >= 4 is 58.5 Å². The summed E-state index contributed by atoms with van der Waals surface area (Å²) in [7, 11) is -3.34. The number of sulfonamides is 1. The molecule has 0 N–H and O–H groups in total. The van der Waals surface area contributed by atoms with E-state index in [4.69, 9.17) is 4.98 Å². The topological polar surface area (TPSA) is 73.8 Å². The van der Waals surface area contributed by atoms with E-state index in [1.165, 1.54) is 10.6 Å². The summed E-state index contributed by atoms with van der Waals surface area (Å²) in [6.45, 7) is 3.03. The molecule has 2 saturated heterocycles. The molecular formula is C17H21BrN4O3S2. The Morgan fingerprint density at radius 1 is 1.22 bits per heavy atom. The summed E-state index contributed by atoms with van der Waals surface area (Å²) in [5.74, 6) is -0.0641. The van der Waals surface area contributed by atoms with Gasteiger partial charge in [-0.25, -0.2) is 13.4 Å². The highest BCUT2D eigenvalue weighted by Crippen LogP contribution is 2.31. The van der Waals surface area contributed by atoms with Gasteiger partial charge in [-0.05, 0) is 31.0 Å². The van der Waals surface area contributed by atoms with Crippen LogP contribution in [0.15, 0.2) is 22.7 Å². The lowest BCUT2D eigenvalue weighted by Crippen LogP contribution is -2.54. The maximum absolute atomic E-state index is 12.9. The predicted molar refractivity (Wildman–Crippen MR) is 111 cm³/mol. The van der Waals surface area contributed by atoms with Gasteiger partial charge in [-0.15, -0.1) is 0 Å². The van der Waals surface area contributed by atoms with Crippen LogP contribution in [0.1, 0.15) is 12.8 Å². The molecule has 1 atom stereocenters. The number of anilines is 1. The number of benzene rings is 1. The third-order valence-corrected chi connectivity index (χ3v) is 7.98. The number of amides is 1. The van der Waals surface area contributed by atoms with Crippen LogP contribution in [0.25, 0.3) is 10.2 Å². The Kier molecular flexibility index (Phi) is 5.17. The number of nitrogens with zero attached hydrogens (tertiary/aromatic N) is 4. The Labute approximate surface area is 171 Å². The van der Waals surface area contributed by atoms with E-state index >= 15 is 0 Å². The van der Waals surface area contributed by atoms with Crippen LogP contribution in [0, 0.1) is 0 Å². The Morgan fingerprint density at radius 3 is 2.67 bits per heavy atom. The van der Waals surface area contributed by atoms with Gasteiger partial charge in [0.05, 0.1) is 16.5 Å². The molecule has 3 heterocycles. The molecule has 0 aliphatic carbocycles. The molecule has 2 aromatic rings. The normalized spacial score (nSPS) is 21.9. The van der Waals surface area contributed by atoms with Gasteiger partial charge in [0.25, 0.3) is 0 Å². The summed E-state index contributed by atoms with van der Waals surface area (Å²) in [4.78, 5) is 21.6. The van der Waals surface area contributed by atoms with Gasteiger partial charge in [-0.1, -0.05) is 27.3 Å². The molecule has 1 unspecified atom stereocenters. The van der Waals surface area contributed by atoms with E-state index in [2.05, 4.69) is 26.9 Å². The van der Waals surface area contributed by atoms with Crippen LogP contribution >= 0.6 is 27.3 Å². The smallest absolute Gasteiger partial charge is 0.241 e. The number of carbonyl (C=O) groups excluding carboxylic acids is 1. The first kappa shape index (κ1) is 19.1. The van der Waals surface area contributed by atoms with E-state index in [1.54, 1.807) is 16.2 Å².